The van der Waals surface area contributed by atoms with Gasteiger partial charge in [0.1, 0.15) is 9.84 Å². The lowest BCUT2D eigenvalue weighted by atomic mass is 10.0. The SMILES string of the molecule is CCCNC1CCCC1CCS(=O)(=O)CCC(C)C. The molecule has 0 aromatic rings. The van der Waals surface area contributed by atoms with E-state index in [0.29, 0.717) is 29.4 Å². The zero-order chi connectivity index (χ0) is 14.3. The smallest absolute Gasteiger partial charge is 0.150 e. The lowest BCUT2D eigenvalue weighted by Gasteiger charge is -2.20. The van der Waals surface area contributed by atoms with Crippen LogP contribution in [-0.2, 0) is 9.84 Å². The van der Waals surface area contributed by atoms with Crippen molar-refractivity contribution in [2.24, 2.45) is 11.8 Å². The summed E-state index contributed by atoms with van der Waals surface area (Å²) >= 11 is 0. The molecule has 1 aliphatic carbocycles. The van der Waals surface area contributed by atoms with Crippen molar-refractivity contribution >= 4 is 9.84 Å². The largest absolute Gasteiger partial charge is 0.314 e. The molecule has 1 aliphatic rings. The third-order valence-corrected chi connectivity index (χ3v) is 5.84. The van der Waals surface area contributed by atoms with Crippen LogP contribution in [0.3, 0.4) is 0 Å². The summed E-state index contributed by atoms with van der Waals surface area (Å²) in [6.45, 7) is 7.39. The van der Waals surface area contributed by atoms with Gasteiger partial charge in [0.25, 0.3) is 0 Å². The maximum Gasteiger partial charge on any atom is 0.150 e. The molecule has 2 atom stereocenters. The van der Waals surface area contributed by atoms with Crippen molar-refractivity contribution in [3.8, 4) is 0 Å². The van der Waals surface area contributed by atoms with E-state index < -0.39 is 9.84 Å². The summed E-state index contributed by atoms with van der Waals surface area (Å²) in [6, 6.07) is 0.556. The quantitative estimate of drug-likeness (QED) is 0.710. The van der Waals surface area contributed by atoms with Crippen LogP contribution in [0.4, 0.5) is 0 Å². The van der Waals surface area contributed by atoms with Crippen molar-refractivity contribution in [3.63, 3.8) is 0 Å². The molecule has 0 radical (unpaired) electrons. The Hall–Kier alpha value is -0.0900. The highest BCUT2D eigenvalue weighted by Gasteiger charge is 2.27. The van der Waals surface area contributed by atoms with Gasteiger partial charge < -0.3 is 5.32 Å². The first-order valence-electron chi connectivity index (χ1n) is 7.88. The molecule has 0 aromatic carbocycles. The number of hydrogen-bond acceptors (Lipinski definition) is 3. The van der Waals surface area contributed by atoms with Crippen molar-refractivity contribution in [3.05, 3.63) is 0 Å². The summed E-state index contributed by atoms with van der Waals surface area (Å²) in [5.41, 5.74) is 0. The van der Waals surface area contributed by atoms with Gasteiger partial charge in [0.15, 0.2) is 0 Å². The molecule has 114 valence electrons. The van der Waals surface area contributed by atoms with E-state index in [1.54, 1.807) is 0 Å². The van der Waals surface area contributed by atoms with Crippen LogP contribution >= 0.6 is 0 Å². The molecular formula is C15H31NO2S. The van der Waals surface area contributed by atoms with E-state index in [0.717, 1.165) is 25.8 Å². The Morgan fingerprint density at radius 2 is 1.95 bits per heavy atom. The van der Waals surface area contributed by atoms with Crippen molar-refractivity contribution in [2.45, 2.75) is 65.3 Å². The Kier molecular flexibility index (Phi) is 7.37. The molecule has 1 rings (SSSR count). The molecule has 0 saturated heterocycles. The normalized spacial score (nSPS) is 24.2. The molecule has 1 fully saturated rings. The van der Waals surface area contributed by atoms with Crippen LogP contribution in [0, 0.1) is 11.8 Å². The highest BCUT2D eigenvalue weighted by atomic mass is 32.2. The fourth-order valence-corrected chi connectivity index (χ4v) is 4.53. The summed E-state index contributed by atoms with van der Waals surface area (Å²) in [4.78, 5) is 0. The zero-order valence-electron chi connectivity index (χ0n) is 12.8. The summed E-state index contributed by atoms with van der Waals surface area (Å²) in [5, 5.41) is 3.57. The van der Waals surface area contributed by atoms with Crippen LogP contribution < -0.4 is 5.32 Å². The van der Waals surface area contributed by atoms with E-state index in [1.807, 2.05) is 0 Å². The van der Waals surface area contributed by atoms with Crippen LogP contribution in [-0.4, -0.2) is 32.5 Å². The second kappa shape index (κ2) is 8.25. The van der Waals surface area contributed by atoms with Crippen LogP contribution in [0.15, 0.2) is 0 Å². The third kappa shape index (κ3) is 6.75. The molecule has 0 spiro atoms. The van der Waals surface area contributed by atoms with E-state index in [2.05, 4.69) is 26.1 Å². The van der Waals surface area contributed by atoms with Crippen LogP contribution in [0.25, 0.3) is 0 Å². The molecular weight excluding hydrogens is 258 g/mol. The van der Waals surface area contributed by atoms with Crippen LogP contribution in [0.5, 0.6) is 0 Å². The fraction of sp³-hybridized carbons (Fsp3) is 1.00. The number of rotatable bonds is 9. The van der Waals surface area contributed by atoms with Gasteiger partial charge in [0.05, 0.1) is 11.5 Å². The topological polar surface area (TPSA) is 46.2 Å². The maximum absolute atomic E-state index is 12.0. The Bertz CT molecular complexity index is 338. The standard InChI is InChI=1S/C15H31NO2S/c1-4-10-16-15-7-5-6-14(15)9-12-19(17,18)11-8-13(2)3/h13-16H,4-12H2,1-3H3. The second-order valence-electron chi connectivity index (χ2n) is 6.37. The summed E-state index contributed by atoms with van der Waals surface area (Å²) in [6.07, 6.45) is 6.46. The molecule has 0 heterocycles. The minimum absolute atomic E-state index is 0.366. The summed E-state index contributed by atoms with van der Waals surface area (Å²) in [7, 11) is -2.84. The Morgan fingerprint density at radius 3 is 2.58 bits per heavy atom. The third-order valence-electron chi connectivity index (χ3n) is 4.12. The number of sulfone groups is 1. The monoisotopic (exact) mass is 289 g/mol. The maximum atomic E-state index is 12.0. The molecule has 4 heteroatoms. The molecule has 1 saturated carbocycles. The predicted molar refractivity (Wildman–Crippen MR) is 82.1 cm³/mol. The lowest BCUT2D eigenvalue weighted by Crippen LogP contribution is -2.34. The van der Waals surface area contributed by atoms with E-state index in [-0.39, 0.29) is 0 Å². The lowest BCUT2D eigenvalue weighted by molar-refractivity contribution is 0.391. The first-order valence-corrected chi connectivity index (χ1v) is 9.70. The first kappa shape index (κ1) is 17.0. The minimum Gasteiger partial charge on any atom is -0.314 e. The average molecular weight is 289 g/mol. The zero-order valence-corrected chi connectivity index (χ0v) is 13.6. The van der Waals surface area contributed by atoms with E-state index in [4.69, 9.17) is 0 Å². The van der Waals surface area contributed by atoms with Gasteiger partial charge in [0.2, 0.25) is 0 Å². The van der Waals surface area contributed by atoms with Crippen LogP contribution in [0.2, 0.25) is 0 Å². The molecule has 1 N–H and O–H groups in total. The highest BCUT2D eigenvalue weighted by Crippen LogP contribution is 2.29. The van der Waals surface area contributed by atoms with Gasteiger partial charge in [-0.25, -0.2) is 8.42 Å². The molecule has 0 bridgehead atoms. The van der Waals surface area contributed by atoms with Crippen LogP contribution in [0.1, 0.15) is 59.3 Å². The average Bonchev–Trinajstić information content (AvgIpc) is 2.79. The van der Waals surface area contributed by atoms with Gasteiger partial charge in [-0.2, -0.15) is 0 Å². The molecule has 19 heavy (non-hydrogen) atoms. The minimum atomic E-state index is -2.84. The van der Waals surface area contributed by atoms with Crippen molar-refractivity contribution in [1.82, 2.24) is 5.32 Å². The van der Waals surface area contributed by atoms with E-state index in [1.165, 1.54) is 19.3 Å². The van der Waals surface area contributed by atoms with Crippen molar-refractivity contribution in [2.75, 3.05) is 18.1 Å². The molecule has 0 aromatic heterocycles. The van der Waals surface area contributed by atoms with Gasteiger partial charge in [-0.3, -0.25) is 0 Å². The highest BCUT2D eigenvalue weighted by molar-refractivity contribution is 7.91. The van der Waals surface area contributed by atoms with Gasteiger partial charge in [-0.1, -0.05) is 27.2 Å². The van der Waals surface area contributed by atoms with Crippen molar-refractivity contribution in [1.29, 1.82) is 0 Å². The number of nitrogens with one attached hydrogen (secondary N) is 1. The first-order chi connectivity index (χ1) is 8.94. The summed E-state index contributed by atoms with van der Waals surface area (Å²) < 4.78 is 24.0. The molecule has 0 aliphatic heterocycles. The Morgan fingerprint density at radius 1 is 1.21 bits per heavy atom. The number of hydrogen-bond donors (Lipinski definition) is 1. The second-order valence-corrected chi connectivity index (χ2v) is 8.68. The van der Waals surface area contributed by atoms with Gasteiger partial charge in [-0.05, 0) is 50.5 Å². The molecule has 3 nitrogen and oxygen atoms in total. The fourth-order valence-electron chi connectivity index (χ4n) is 2.83. The Labute approximate surface area is 119 Å². The molecule has 0 amide bonds. The molecule has 2 unspecified atom stereocenters. The summed E-state index contributed by atoms with van der Waals surface area (Å²) in [5.74, 6) is 1.79. The van der Waals surface area contributed by atoms with Gasteiger partial charge in [-0.15, -0.1) is 0 Å². The van der Waals surface area contributed by atoms with E-state index in [9.17, 15) is 8.42 Å². The van der Waals surface area contributed by atoms with Gasteiger partial charge >= 0.3 is 0 Å². The predicted octanol–water partition coefficient (Wildman–Crippen LogP) is 3.01. The van der Waals surface area contributed by atoms with E-state index >= 15 is 0 Å². The van der Waals surface area contributed by atoms with Gasteiger partial charge in [0, 0.05) is 6.04 Å². The Balaban J connectivity index is 2.34. The van der Waals surface area contributed by atoms with Crippen molar-refractivity contribution < 1.29 is 8.42 Å².